The van der Waals surface area contributed by atoms with Crippen molar-refractivity contribution >= 4 is 17.5 Å². The average Bonchev–Trinajstić information content (AvgIpc) is 3.42. The van der Waals surface area contributed by atoms with E-state index in [1.54, 1.807) is 18.3 Å². The largest absolute Gasteiger partial charge is 0.348 e. The number of hydrogen-bond acceptors (Lipinski definition) is 3. The van der Waals surface area contributed by atoms with Crippen LogP contribution in [0.25, 0.3) is 22.5 Å². The van der Waals surface area contributed by atoms with Crippen LogP contribution in [0, 0.1) is 30.2 Å². The molecule has 0 saturated carbocycles. The van der Waals surface area contributed by atoms with Gasteiger partial charge in [-0.2, -0.15) is 0 Å². The Morgan fingerprint density at radius 2 is 1.67 bits per heavy atom. The van der Waals surface area contributed by atoms with Gasteiger partial charge >= 0.3 is 0 Å². The Balaban J connectivity index is 1.42. The van der Waals surface area contributed by atoms with Gasteiger partial charge in [-0.15, -0.1) is 0 Å². The maximum Gasteiger partial charge on any atom is 0.252 e. The monoisotopic (exact) mass is 494 g/mol. The molecule has 4 aromatic rings. The van der Waals surface area contributed by atoms with E-state index in [0.717, 1.165) is 11.8 Å². The summed E-state index contributed by atoms with van der Waals surface area (Å²) >= 11 is 0. The Labute approximate surface area is 202 Å². The van der Waals surface area contributed by atoms with Crippen LogP contribution in [0.15, 0.2) is 48.7 Å². The highest BCUT2D eigenvalue weighted by atomic mass is 19.1. The Morgan fingerprint density at radius 3 is 2.33 bits per heavy atom. The first-order valence-corrected chi connectivity index (χ1v) is 10.9. The highest BCUT2D eigenvalue weighted by Gasteiger charge is 2.28. The van der Waals surface area contributed by atoms with Gasteiger partial charge in [0.15, 0.2) is 11.6 Å². The van der Waals surface area contributed by atoms with Gasteiger partial charge < -0.3 is 15.6 Å². The van der Waals surface area contributed by atoms with Crippen LogP contribution >= 0.6 is 0 Å². The van der Waals surface area contributed by atoms with Crippen molar-refractivity contribution in [2.75, 3.05) is 5.32 Å². The van der Waals surface area contributed by atoms with E-state index in [0.29, 0.717) is 40.2 Å². The molecule has 0 radical (unpaired) electrons. The van der Waals surface area contributed by atoms with Gasteiger partial charge in [0.05, 0.1) is 12.0 Å². The number of aryl methyl sites for hydroxylation is 1. The summed E-state index contributed by atoms with van der Waals surface area (Å²) in [6.45, 7) is 2.06. The van der Waals surface area contributed by atoms with Crippen LogP contribution in [-0.4, -0.2) is 21.8 Å². The number of aromatic amines is 1. The molecular formula is C26H18F4N4O2. The molecule has 0 fully saturated rings. The number of nitrogens with zero attached hydrogens (tertiary/aromatic N) is 1. The second kappa shape index (κ2) is 8.95. The Kier molecular flexibility index (Phi) is 5.79. The molecule has 1 aliphatic heterocycles. The van der Waals surface area contributed by atoms with Crippen LogP contribution in [0.5, 0.6) is 0 Å². The molecular weight excluding hydrogens is 476 g/mol. The van der Waals surface area contributed by atoms with Gasteiger partial charge in [0, 0.05) is 41.7 Å². The summed E-state index contributed by atoms with van der Waals surface area (Å²) in [7, 11) is 0. The molecule has 0 unspecified atom stereocenters. The first-order chi connectivity index (χ1) is 17.2. The topological polar surface area (TPSA) is 86.9 Å². The van der Waals surface area contributed by atoms with Crippen molar-refractivity contribution in [3.63, 3.8) is 0 Å². The molecule has 0 spiro atoms. The first-order valence-electron chi connectivity index (χ1n) is 10.9. The van der Waals surface area contributed by atoms with E-state index in [9.17, 15) is 22.8 Å². The van der Waals surface area contributed by atoms with Gasteiger partial charge in [0.2, 0.25) is 5.91 Å². The maximum absolute atomic E-state index is 15.2. The maximum atomic E-state index is 15.2. The van der Waals surface area contributed by atoms with Crippen molar-refractivity contribution in [1.82, 2.24) is 15.3 Å². The summed E-state index contributed by atoms with van der Waals surface area (Å²) in [6.07, 6.45) is 1.28. The summed E-state index contributed by atoms with van der Waals surface area (Å²) in [5, 5.41) is 4.81. The van der Waals surface area contributed by atoms with Gasteiger partial charge in [-0.05, 0) is 35.7 Å². The summed E-state index contributed by atoms with van der Waals surface area (Å²) in [6, 6.07) is 8.43. The standard InChI is InChI=1S/C26H18F4N4O2/c1-12-10-31-25(33-12)17-5-4-15(18-11-32-26(36)23(17)18)16-3-2-13(6-19(16)28)7-22(35)34-24-20(29)8-14(27)9-21(24)30/h2-6,8-10H,7,11H2,1H3,(H,31,33)(H,32,36)(H,34,35). The molecule has 0 saturated heterocycles. The molecule has 5 rings (SSSR count). The van der Waals surface area contributed by atoms with E-state index >= 15 is 4.39 Å². The molecule has 0 atom stereocenters. The number of fused-ring (bicyclic) bond motifs is 1. The molecule has 36 heavy (non-hydrogen) atoms. The van der Waals surface area contributed by atoms with E-state index in [1.807, 2.05) is 12.2 Å². The van der Waals surface area contributed by atoms with Crippen molar-refractivity contribution in [2.45, 2.75) is 19.9 Å². The predicted octanol–water partition coefficient (Wildman–Crippen LogP) is 5.03. The van der Waals surface area contributed by atoms with Crippen LogP contribution in [0.3, 0.4) is 0 Å². The van der Waals surface area contributed by atoms with Gasteiger partial charge in [0.25, 0.3) is 5.91 Å². The summed E-state index contributed by atoms with van der Waals surface area (Å²) < 4.78 is 55.8. The van der Waals surface area contributed by atoms with Crippen LogP contribution < -0.4 is 10.6 Å². The Hall–Kier alpha value is -4.47. The number of benzene rings is 3. The van der Waals surface area contributed by atoms with E-state index in [4.69, 9.17) is 0 Å². The Morgan fingerprint density at radius 1 is 0.972 bits per heavy atom. The summed E-state index contributed by atoms with van der Waals surface area (Å²) in [4.78, 5) is 32.2. The third-order valence-corrected chi connectivity index (χ3v) is 5.88. The molecule has 2 heterocycles. The first kappa shape index (κ1) is 23.3. The molecule has 182 valence electrons. The minimum atomic E-state index is -1.26. The zero-order valence-electron chi connectivity index (χ0n) is 18.8. The number of rotatable bonds is 5. The normalized spacial score (nSPS) is 12.4. The third kappa shape index (κ3) is 4.21. The van der Waals surface area contributed by atoms with Crippen molar-refractivity contribution in [3.8, 4) is 22.5 Å². The lowest BCUT2D eigenvalue weighted by Gasteiger charge is -2.13. The van der Waals surface area contributed by atoms with E-state index < -0.39 is 34.9 Å². The van der Waals surface area contributed by atoms with Gasteiger partial charge in [-0.1, -0.05) is 18.2 Å². The molecule has 2 amide bonds. The summed E-state index contributed by atoms with van der Waals surface area (Å²) in [5.41, 5.74) is 2.68. The number of imidazole rings is 1. The summed E-state index contributed by atoms with van der Waals surface area (Å²) in [5.74, 6) is -4.83. The fourth-order valence-electron chi connectivity index (χ4n) is 4.26. The number of carbonyl (C=O) groups is 2. The minimum Gasteiger partial charge on any atom is -0.348 e. The fraction of sp³-hybridized carbons (Fsp3) is 0.115. The van der Waals surface area contributed by atoms with Gasteiger partial charge in [-0.3, -0.25) is 9.59 Å². The third-order valence-electron chi connectivity index (χ3n) is 5.88. The van der Waals surface area contributed by atoms with Crippen molar-refractivity contribution in [2.24, 2.45) is 0 Å². The molecule has 3 aromatic carbocycles. The molecule has 0 aliphatic carbocycles. The lowest BCUT2D eigenvalue weighted by atomic mass is 9.92. The van der Waals surface area contributed by atoms with Gasteiger partial charge in [0.1, 0.15) is 23.1 Å². The van der Waals surface area contributed by atoms with Crippen molar-refractivity contribution in [1.29, 1.82) is 0 Å². The molecule has 0 bridgehead atoms. The quantitative estimate of drug-likeness (QED) is 0.340. The fourth-order valence-corrected chi connectivity index (χ4v) is 4.26. The lowest BCUT2D eigenvalue weighted by molar-refractivity contribution is -0.115. The highest BCUT2D eigenvalue weighted by molar-refractivity contribution is 6.06. The number of hydrogen-bond donors (Lipinski definition) is 3. The molecule has 1 aliphatic rings. The average molecular weight is 494 g/mol. The number of H-pyrrole nitrogens is 1. The van der Waals surface area contributed by atoms with Crippen LogP contribution in [0.4, 0.5) is 23.2 Å². The van der Waals surface area contributed by atoms with Gasteiger partial charge in [-0.25, -0.2) is 22.5 Å². The second-order valence-electron chi connectivity index (χ2n) is 8.40. The molecule has 6 nitrogen and oxygen atoms in total. The number of anilines is 1. The van der Waals surface area contributed by atoms with Crippen LogP contribution in [-0.2, 0) is 17.8 Å². The minimum absolute atomic E-state index is 0.218. The number of amides is 2. The second-order valence-corrected chi connectivity index (χ2v) is 8.40. The van der Waals surface area contributed by atoms with Crippen LogP contribution in [0.1, 0.15) is 27.2 Å². The number of halogens is 4. The molecule has 1 aromatic heterocycles. The molecule has 10 heteroatoms. The SMILES string of the molecule is Cc1cnc(-c2ccc(-c3ccc(CC(=O)Nc4c(F)cc(F)cc4F)cc3F)c3c2C(=O)NC3)[nH]1. The Bertz CT molecular complexity index is 1520. The number of carbonyl (C=O) groups excluding carboxylic acids is 2. The highest BCUT2D eigenvalue weighted by Crippen LogP contribution is 2.36. The lowest BCUT2D eigenvalue weighted by Crippen LogP contribution is -2.17. The van der Waals surface area contributed by atoms with E-state index in [1.165, 1.54) is 12.1 Å². The zero-order chi connectivity index (χ0) is 25.6. The molecule has 3 N–H and O–H groups in total. The predicted molar refractivity (Wildman–Crippen MR) is 124 cm³/mol. The number of aromatic nitrogens is 2. The van der Waals surface area contributed by atoms with E-state index in [2.05, 4.69) is 15.3 Å². The zero-order valence-corrected chi connectivity index (χ0v) is 18.8. The van der Waals surface area contributed by atoms with Crippen molar-refractivity contribution in [3.05, 3.63) is 94.3 Å². The smallest absolute Gasteiger partial charge is 0.252 e. The number of nitrogens with one attached hydrogen (secondary N) is 3. The van der Waals surface area contributed by atoms with Crippen molar-refractivity contribution < 1.29 is 27.2 Å². The van der Waals surface area contributed by atoms with Crippen LogP contribution in [0.2, 0.25) is 0 Å². The van der Waals surface area contributed by atoms with E-state index in [-0.39, 0.29) is 30.0 Å².